The van der Waals surface area contributed by atoms with Crippen molar-refractivity contribution < 1.29 is 4.79 Å². The summed E-state index contributed by atoms with van der Waals surface area (Å²) in [6.45, 7) is 5.24. The second kappa shape index (κ2) is 9.69. The third-order valence-electron chi connectivity index (χ3n) is 6.31. The minimum Gasteiger partial charge on any atom is -0.336 e. The molecule has 6 nitrogen and oxygen atoms in total. The molecule has 0 spiro atoms. The predicted molar refractivity (Wildman–Crippen MR) is 118 cm³/mol. The van der Waals surface area contributed by atoms with Crippen molar-refractivity contribution in [3.8, 4) is 0 Å². The van der Waals surface area contributed by atoms with Gasteiger partial charge in [-0.3, -0.25) is 9.88 Å². The van der Waals surface area contributed by atoms with Gasteiger partial charge in [0.2, 0.25) is 0 Å². The summed E-state index contributed by atoms with van der Waals surface area (Å²) in [7, 11) is 2.23. The highest BCUT2D eigenvalue weighted by molar-refractivity contribution is 7.08. The number of rotatable bonds is 8. The third kappa shape index (κ3) is 5.56. The maximum atomic E-state index is 12.1. The van der Waals surface area contributed by atoms with Crippen LogP contribution in [0.15, 0.2) is 41.2 Å². The molecule has 0 aliphatic carbocycles. The monoisotopic (exact) mass is 413 g/mol. The van der Waals surface area contributed by atoms with Crippen LogP contribution in [0.3, 0.4) is 0 Å². The minimum absolute atomic E-state index is 0.100. The molecule has 2 aromatic rings. The molecule has 3 aliphatic rings. The van der Waals surface area contributed by atoms with E-state index in [1.165, 1.54) is 18.5 Å². The average molecular weight is 414 g/mol. The molecule has 2 aromatic heterocycles. The van der Waals surface area contributed by atoms with E-state index in [9.17, 15) is 4.79 Å². The molecule has 3 fully saturated rings. The van der Waals surface area contributed by atoms with Gasteiger partial charge < -0.3 is 15.5 Å². The number of nitrogens with zero attached hydrogens (tertiary/aromatic N) is 3. The van der Waals surface area contributed by atoms with Crippen LogP contribution in [0.2, 0.25) is 0 Å². The quantitative estimate of drug-likeness (QED) is 0.698. The number of piperidine rings is 3. The van der Waals surface area contributed by atoms with Crippen LogP contribution >= 0.6 is 11.3 Å². The Morgan fingerprint density at radius 3 is 3.03 bits per heavy atom. The van der Waals surface area contributed by atoms with Crippen LogP contribution in [0.4, 0.5) is 10.5 Å². The van der Waals surface area contributed by atoms with E-state index in [1.54, 1.807) is 11.3 Å². The number of thiophene rings is 1. The van der Waals surface area contributed by atoms with Gasteiger partial charge >= 0.3 is 6.03 Å². The fourth-order valence-corrected chi connectivity index (χ4v) is 5.32. The summed E-state index contributed by atoms with van der Waals surface area (Å²) in [5, 5.41) is 9.88. The van der Waals surface area contributed by atoms with E-state index in [1.807, 2.05) is 29.1 Å². The molecule has 2 bridgehead atoms. The Morgan fingerprint density at radius 2 is 2.31 bits per heavy atom. The van der Waals surface area contributed by atoms with Crippen LogP contribution in [-0.4, -0.2) is 66.6 Å². The number of carbonyl (C=O) groups excluding carboxylic acids is 1. The first-order chi connectivity index (χ1) is 14.2. The molecular weight excluding hydrogens is 382 g/mol. The predicted octanol–water partition coefficient (Wildman–Crippen LogP) is 3.15. The number of amides is 2. The van der Waals surface area contributed by atoms with Crippen molar-refractivity contribution >= 4 is 23.1 Å². The molecule has 3 saturated heterocycles. The maximum Gasteiger partial charge on any atom is 0.319 e. The molecule has 4 unspecified atom stereocenters. The molecule has 4 atom stereocenters. The molecule has 5 rings (SSSR count). The van der Waals surface area contributed by atoms with Crippen LogP contribution in [0.1, 0.15) is 18.5 Å². The fraction of sp³-hybridized carbons (Fsp3) is 0.545. The lowest BCUT2D eigenvalue weighted by Crippen LogP contribution is -2.58. The van der Waals surface area contributed by atoms with Gasteiger partial charge in [0.15, 0.2) is 0 Å². The summed E-state index contributed by atoms with van der Waals surface area (Å²) >= 11 is 1.59. The van der Waals surface area contributed by atoms with Gasteiger partial charge in [-0.15, -0.1) is 0 Å². The lowest BCUT2D eigenvalue weighted by molar-refractivity contribution is -0.00803. The molecular formula is C22H31N5OS. The number of fused-ring (bicyclic) bond motifs is 3. The first-order valence-corrected chi connectivity index (χ1v) is 11.5. The normalized spacial score (nSPS) is 25.9. The zero-order chi connectivity index (χ0) is 20.1. The van der Waals surface area contributed by atoms with Gasteiger partial charge in [0.05, 0.1) is 5.69 Å². The van der Waals surface area contributed by atoms with E-state index in [-0.39, 0.29) is 6.03 Å². The Hall–Kier alpha value is -1.96. The highest BCUT2D eigenvalue weighted by atomic mass is 32.1. The number of likely N-dealkylation sites (N-methyl/N-ethyl adjacent to an activating group) is 1. The number of anilines is 1. The van der Waals surface area contributed by atoms with Crippen molar-refractivity contribution in [1.82, 2.24) is 20.1 Å². The number of aromatic nitrogens is 1. The second-order valence-corrected chi connectivity index (χ2v) is 9.15. The number of carbonyl (C=O) groups is 1. The van der Waals surface area contributed by atoms with Crippen molar-refractivity contribution in [2.75, 3.05) is 45.1 Å². The number of hydrogen-bond donors (Lipinski definition) is 2. The summed E-state index contributed by atoms with van der Waals surface area (Å²) in [5.41, 5.74) is 2.03. The summed E-state index contributed by atoms with van der Waals surface area (Å²) in [6, 6.07) is 8.43. The van der Waals surface area contributed by atoms with Gasteiger partial charge in [0.1, 0.15) is 0 Å². The largest absolute Gasteiger partial charge is 0.336 e. The minimum atomic E-state index is -0.100. The van der Waals surface area contributed by atoms with Gasteiger partial charge in [-0.2, -0.15) is 11.3 Å². The SMILES string of the molecule is CN(CCc1ccccn1)CC1CN2CCC1CC2CNC(=O)Nc1ccsc1. The number of nitrogens with one attached hydrogen (secondary N) is 2. The standard InChI is InChI=1S/C22H31N5OS/c1-26(9-6-19-4-2-3-8-23-19)14-18-15-27-10-5-17(18)12-21(27)13-24-22(28)25-20-7-11-29-16-20/h2-4,7-8,11,16-18,21H,5-6,9-10,12-15H2,1H3,(H2,24,25,28). The fourth-order valence-electron chi connectivity index (χ4n) is 4.73. The average Bonchev–Trinajstić information content (AvgIpc) is 3.25. The highest BCUT2D eigenvalue weighted by Gasteiger charge is 2.40. The maximum absolute atomic E-state index is 12.1. The summed E-state index contributed by atoms with van der Waals surface area (Å²) < 4.78 is 0. The Kier molecular flexibility index (Phi) is 6.79. The molecule has 29 heavy (non-hydrogen) atoms. The van der Waals surface area contributed by atoms with Crippen molar-refractivity contribution in [3.05, 3.63) is 46.9 Å². The summed E-state index contributed by atoms with van der Waals surface area (Å²) in [5.74, 6) is 1.50. The van der Waals surface area contributed by atoms with Gasteiger partial charge in [0, 0.05) is 55.9 Å². The first kappa shape index (κ1) is 20.3. The number of pyridine rings is 1. The van der Waals surface area contributed by atoms with Crippen LogP contribution < -0.4 is 10.6 Å². The zero-order valence-electron chi connectivity index (χ0n) is 17.1. The number of urea groups is 1. The van der Waals surface area contributed by atoms with Gasteiger partial charge in [-0.05, 0) is 61.8 Å². The lowest BCUT2D eigenvalue weighted by atomic mass is 9.75. The molecule has 7 heteroatoms. The molecule has 0 radical (unpaired) electrons. The van der Waals surface area contributed by atoms with E-state index < -0.39 is 0 Å². The highest BCUT2D eigenvalue weighted by Crippen LogP contribution is 2.36. The van der Waals surface area contributed by atoms with Crippen LogP contribution in [-0.2, 0) is 6.42 Å². The Morgan fingerprint density at radius 1 is 1.38 bits per heavy atom. The topological polar surface area (TPSA) is 60.5 Å². The molecule has 3 aliphatic heterocycles. The smallest absolute Gasteiger partial charge is 0.319 e. The van der Waals surface area contributed by atoms with Gasteiger partial charge in [-0.1, -0.05) is 6.07 Å². The first-order valence-electron chi connectivity index (χ1n) is 10.6. The molecule has 2 N–H and O–H groups in total. The van der Waals surface area contributed by atoms with E-state index in [0.29, 0.717) is 6.04 Å². The van der Waals surface area contributed by atoms with Crippen molar-refractivity contribution in [3.63, 3.8) is 0 Å². The number of hydrogen-bond acceptors (Lipinski definition) is 5. The molecule has 0 aromatic carbocycles. The molecule has 0 saturated carbocycles. The van der Waals surface area contributed by atoms with E-state index in [0.717, 1.165) is 56.7 Å². The molecule has 2 amide bonds. The zero-order valence-corrected chi connectivity index (χ0v) is 17.9. The Balaban J connectivity index is 1.20. The molecule has 156 valence electrons. The van der Waals surface area contributed by atoms with Gasteiger partial charge in [-0.25, -0.2) is 4.79 Å². The molecule has 5 heterocycles. The van der Waals surface area contributed by atoms with Crippen molar-refractivity contribution in [2.45, 2.75) is 25.3 Å². The van der Waals surface area contributed by atoms with E-state index >= 15 is 0 Å². The summed E-state index contributed by atoms with van der Waals surface area (Å²) in [6.07, 6.45) is 5.36. The Labute approximate surface area is 177 Å². The van der Waals surface area contributed by atoms with E-state index in [4.69, 9.17) is 0 Å². The van der Waals surface area contributed by atoms with Crippen molar-refractivity contribution in [1.29, 1.82) is 0 Å². The van der Waals surface area contributed by atoms with Crippen LogP contribution in [0.5, 0.6) is 0 Å². The Bertz CT molecular complexity index is 769. The second-order valence-electron chi connectivity index (χ2n) is 8.37. The van der Waals surface area contributed by atoms with Gasteiger partial charge in [0.25, 0.3) is 0 Å². The van der Waals surface area contributed by atoms with E-state index in [2.05, 4.69) is 44.6 Å². The van der Waals surface area contributed by atoms with Crippen molar-refractivity contribution in [2.24, 2.45) is 11.8 Å². The van der Waals surface area contributed by atoms with Crippen LogP contribution in [0.25, 0.3) is 0 Å². The van der Waals surface area contributed by atoms with Crippen LogP contribution in [0, 0.1) is 11.8 Å². The summed E-state index contributed by atoms with van der Waals surface area (Å²) in [4.78, 5) is 21.6. The lowest BCUT2D eigenvalue weighted by Gasteiger charge is -2.50. The third-order valence-corrected chi connectivity index (χ3v) is 7.00.